The third-order valence-corrected chi connectivity index (χ3v) is 10.3. The van der Waals surface area contributed by atoms with Gasteiger partial charge in [-0.15, -0.1) is 17.0 Å². The Morgan fingerprint density at radius 2 is 1.60 bits per heavy atom. The normalized spacial score (nSPS) is 15.6. The van der Waals surface area contributed by atoms with Crippen LogP contribution in [-0.2, 0) is 12.8 Å². The van der Waals surface area contributed by atoms with E-state index in [2.05, 4.69) is 87.1 Å². The summed E-state index contributed by atoms with van der Waals surface area (Å²) in [4.78, 5) is 7.55. The van der Waals surface area contributed by atoms with Gasteiger partial charge in [-0.2, -0.15) is 9.61 Å². The molecule has 9 nitrogen and oxygen atoms in total. The maximum Gasteiger partial charge on any atom is 0.172 e. The minimum atomic E-state index is 0. The number of piperidine rings is 1. The SMILES string of the molecule is Br.CCCC(C)CN.Clc1ccccc1.Clc1ccccc1-c1cc(NCC2CCCN(C3Cc4ccccc4C3)C2)n2ncc(Br)c2n1.N.NN. The van der Waals surface area contributed by atoms with Crippen molar-refractivity contribution in [1.29, 1.82) is 0 Å². The van der Waals surface area contributed by atoms with Crippen molar-refractivity contribution in [3.8, 4) is 11.3 Å². The van der Waals surface area contributed by atoms with Gasteiger partial charge in [-0.05, 0) is 102 Å². The largest absolute Gasteiger partial charge is 0.370 e. The van der Waals surface area contributed by atoms with Crippen LogP contribution in [0, 0.1) is 11.8 Å². The van der Waals surface area contributed by atoms with E-state index in [-0.39, 0.29) is 23.1 Å². The van der Waals surface area contributed by atoms with Gasteiger partial charge in [0.05, 0.1) is 16.4 Å². The van der Waals surface area contributed by atoms with Gasteiger partial charge in [0.25, 0.3) is 0 Å². The first-order valence-corrected chi connectivity index (χ1v) is 19.0. The molecule has 7 rings (SSSR count). The molecule has 2 aromatic heterocycles. The van der Waals surface area contributed by atoms with E-state index in [9.17, 15) is 0 Å². The van der Waals surface area contributed by atoms with Gasteiger partial charge in [-0.25, -0.2) is 4.98 Å². The summed E-state index contributed by atoms with van der Waals surface area (Å²) in [6.07, 6.45) is 9.20. The van der Waals surface area contributed by atoms with Gasteiger partial charge in [0.1, 0.15) is 5.82 Å². The Hall–Kier alpha value is -2.58. The van der Waals surface area contributed by atoms with Gasteiger partial charge in [-0.3, -0.25) is 16.6 Å². The van der Waals surface area contributed by atoms with Gasteiger partial charge in [-0.1, -0.05) is 104 Å². The van der Waals surface area contributed by atoms with Crippen LogP contribution >= 0.6 is 56.1 Å². The fourth-order valence-electron chi connectivity index (χ4n) is 6.53. The molecule has 0 radical (unpaired) electrons. The van der Waals surface area contributed by atoms with Crippen LogP contribution in [0.3, 0.4) is 0 Å². The van der Waals surface area contributed by atoms with Crippen molar-refractivity contribution in [2.75, 3.05) is 31.5 Å². The van der Waals surface area contributed by atoms with E-state index in [1.165, 1.54) is 56.2 Å². The molecule has 1 saturated heterocycles. The topological polar surface area (TPSA) is 159 Å². The smallest absolute Gasteiger partial charge is 0.172 e. The predicted octanol–water partition coefficient (Wildman–Crippen LogP) is 9.38. The molecule has 1 aliphatic carbocycles. The Morgan fingerprint density at radius 3 is 2.17 bits per heavy atom. The van der Waals surface area contributed by atoms with E-state index in [1.54, 1.807) is 6.20 Å². The highest BCUT2D eigenvalue weighted by atomic mass is 79.9. The van der Waals surface area contributed by atoms with E-state index >= 15 is 0 Å². The second-order valence-corrected chi connectivity index (χ2v) is 14.6. The van der Waals surface area contributed by atoms with Crippen LogP contribution in [0.25, 0.3) is 16.9 Å². The number of anilines is 1. The summed E-state index contributed by atoms with van der Waals surface area (Å²) in [5, 5.41) is 9.73. The summed E-state index contributed by atoms with van der Waals surface area (Å²) in [6, 6.07) is 28.9. The lowest BCUT2D eigenvalue weighted by Gasteiger charge is -2.37. The van der Waals surface area contributed by atoms with Crippen LogP contribution < -0.4 is 28.9 Å². The Labute approximate surface area is 338 Å². The Bertz CT molecular complexity index is 1720. The Balaban J connectivity index is 0.000000437. The van der Waals surface area contributed by atoms with Gasteiger partial charge >= 0.3 is 0 Å². The lowest BCUT2D eigenvalue weighted by molar-refractivity contribution is 0.131. The zero-order chi connectivity index (χ0) is 35.9. The molecule has 3 aromatic carbocycles. The van der Waals surface area contributed by atoms with E-state index < -0.39 is 0 Å². The molecule has 0 amide bonds. The van der Waals surface area contributed by atoms with Crippen LogP contribution in [0.5, 0.6) is 0 Å². The van der Waals surface area contributed by atoms with Crippen LogP contribution in [0.15, 0.2) is 95.6 Å². The van der Waals surface area contributed by atoms with Crippen LogP contribution in [0.2, 0.25) is 10.0 Å². The van der Waals surface area contributed by atoms with Crippen LogP contribution in [0.4, 0.5) is 5.82 Å². The van der Waals surface area contributed by atoms with E-state index in [0.29, 0.717) is 17.0 Å². The monoisotopic (exact) mass is 877 g/mol. The number of likely N-dealkylation sites (tertiary alicyclic amines) is 1. The number of benzene rings is 3. The summed E-state index contributed by atoms with van der Waals surface area (Å²) >= 11 is 15.6. The summed E-state index contributed by atoms with van der Waals surface area (Å²) < 4.78 is 2.74. The molecule has 0 bridgehead atoms. The summed E-state index contributed by atoms with van der Waals surface area (Å²) in [7, 11) is 0. The second kappa shape index (κ2) is 24.0. The van der Waals surface area contributed by atoms with Gasteiger partial charge in [0.15, 0.2) is 5.65 Å². The maximum atomic E-state index is 6.49. The molecule has 284 valence electrons. The van der Waals surface area contributed by atoms with Gasteiger partial charge in [0.2, 0.25) is 0 Å². The average molecular weight is 881 g/mol. The summed E-state index contributed by atoms with van der Waals surface area (Å²) in [5.41, 5.74) is 11.0. The predicted molar refractivity (Wildman–Crippen MR) is 230 cm³/mol. The van der Waals surface area contributed by atoms with Crippen molar-refractivity contribution >= 4 is 67.6 Å². The molecule has 52 heavy (non-hydrogen) atoms. The molecule has 0 spiro atoms. The van der Waals surface area contributed by atoms with Crippen molar-refractivity contribution in [2.45, 2.75) is 58.4 Å². The average Bonchev–Trinajstić information content (AvgIpc) is 3.76. The standard InChI is InChI=1S/C27H27BrClN5.C6H5Cl.C6H15N.BrH.H4N2.H3N/c28-23-16-31-34-26(14-25(32-27(23)34)22-9-3-4-10-24(22)29)30-15-18-6-5-11-33(17-18)21-12-19-7-1-2-8-20(19)13-21;7-6-4-2-1-3-5-6;1-3-4-6(2)5-7;;1-2;/h1-4,7-10,14,16,18,21,30H,5-6,11-13,15,17H2;1-5H;6H,3-5,7H2,1-2H3;1H;1-2H2;1H3. The van der Waals surface area contributed by atoms with Crippen molar-refractivity contribution in [3.63, 3.8) is 0 Å². The molecule has 2 aliphatic rings. The Morgan fingerprint density at radius 1 is 0.962 bits per heavy atom. The molecular formula is C39H55Br2Cl2N9. The second-order valence-electron chi connectivity index (χ2n) is 12.9. The van der Waals surface area contributed by atoms with Crippen LogP contribution in [0.1, 0.15) is 50.7 Å². The number of aromatic nitrogens is 3. The first kappa shape index (κ1) is 45.6. The molecule has 10 N–H and O–H groups in total. The van der Waals surface area contributed by atoms with Crippen molar-refractivity contribution in [2.24, 2.45) is 29.3 Å². The molecular weight excluding hydrogens is 825 g/mol. The molecule has 13 heteroatoms. The molecule has 2 atom stereocenters. The number of hydrazine groups is 1. The minimum Gasteiger partial charge on any atom is -0.370 e. The number of rotatable bonds is 8. The van der Waals surface area contributed by atoms with Crippen molar-refractivity contribution in [3.05, 3.63) is 117 Å². The quantitative estimate of drug-likeness (QED) is 0.0762. The number of nitrogens with zero attached hydrogens (tertiary/aromatic N) is 4. The number of halogens is 4. The number of nitrogens with two attached hydrogens (primary N) is 3. The molecule has 1 aliphatic heterocycles. The lowest BCUT2D eigenvalue weighted by atomic mass is 9.96. The lowest BCUT2D eigenvalue weighted by Crippen LogP contribution is -2.44. The minimum absolute atomic E-state index is 0. The first-order chi connectivity index (χ1) is 24.4. The van der Waals surface area contributed by atoms with Crippen molar-refractivity contribution in [1.82, 2.24) is 25.6 Å². The van der Waals surface area contributed by atoms with Crippen molar-refractivity contribution < 1.29 is 0 Å². The highest BCUT2D eigenvalue weighted by molar-refractivity contribution is 9.10. The number of hydrogen-bond acceptors (Lipinski definition) is 8. The van der Waals surface area contributed by atoms with E-state index in [4.69, 9.17) is 33.9 Å². The Kier molecular flexibility index (Phi) is 21.0. The zero-order valence-electron chi connectivity index (χ0n) is 30.2. The third-order valence-electron chi connectivity index (χ3n) is 9.16. The zero-order valence-corrected chi connectivity index (χ0v) is 35.0. The first-order valence-electron chi connectivity index (χ1n) is 17.4. The fraction of sp³-hybridized carbons (Fsp3) is 0.385. The van der Waals surface area contributed by atoms with Gasteiger partial charge < -0.3 is 17.2 Å². The molecule has 5 aromatic rings. The fourth-order valence-corrected chi connectivity index (χ4v) is 7.26. The van der Waals surface area contributed by atoms with Crippen LogP contribution in [-0.4, -0.2) is 51.7 Å². The molecule has 2 unspecified atom stereocenters. The summed E-state index contributed by atoms with van der Waals surface area (Å²) in [6.45, 7) is 8.47. The summed E-state index contributed by atoms with van der Waals surface area (Å²) in [5.74, 6) is 10.3. The number of nitrogens with one attached hydrogen (secondary N) is 1. The highest BCUT2D eigenvalue weighted by Crippen LogP contribution is 2.32. The molecule has 0 saturated carbocycles. The maximum absolute atomic E-state index is 6.49. The third kappa shape index (κ3) is 13.1. The highest BCUT2D eigenvalue weighted by Gasteiger charge is 2.30. The number of fused-ring (bicyclic) bond motifs is 2. The molecule has 3 heterocycles. The molecule has 1 fully saturated rings. The van der Waals surface area contributed by atoms with E-state index in [0.717, 1.165) is 57.8 Å². The van der Waals surface area contributed by atoms with E-state index in [1.807, 2.05) is 59.1 Å². The number of hydrogen-bond donors (Lipinski definition) is 5. The van der Waals surface area contributed by atoms with Gasteiger partial charge in [0, 0.05) is 40.8 Å².